The highest BCUT2D eigenvalue weighted by Crippen LogP contribution is 2.33. The summed E-state index contributed by atoms with van der Waals surface area (Å²) in [7, 11) is 1.28. The number of fused-ring (bicyclic) bond motifs is 1. The zero-order valence-corrected chi connectivity index (χ0v) is 14.8. The maximum atomic E-state index is 12.4. The lowest BCUT2D eigenvalue weighted by Crippen LogP contribution is -2.44. The quantitative estimate of drug-likeness (QED) is 0.590. The van der Waals surface area contributed by atoms with Gasteiger partial charge in [0.2, 0.25) is 0 Å². The van der Waals surface area contributed by atoms with E-state index in [2.05, 4.69) is 32.6 Å². The first-order chi connectivity index (χ1) is 11.3. The van der Waals surface area contributed by atoms with Gasteiger partial charge in [0.15, 0.2) is 0 Å². The maximum absolute atomic E-state index is 12.4. The third kappa shape index (κ3) is 3.19. The van der Waals surface area contributed by atoms with Crippen molar-refractivity contribution in [2.75, 3.05) is 25.1 Å². The number of hydrogen-bond donors (Lipinski definition) is 0. The molecule has 0 fully saturated rings. The van der Waals surface area contributed by atoms with E-state index >= 15 is 0 Å². The molecule has 1 aliphatic rings. The summed E-state index contributed by atoms with van der Waals surface area (Å²) >= 11 is 0. The number of amides is 1. The van der Waals surface area contributed by atoms with Crippen LogP contribution in [0.2, 0.25) is 0 Å². The molecular formula is C18H24N2O4. The fraction of sp³-hybridized carbons (Fsp3) is 0.500. The van der Waals surface area contributed by atoms with Gasteiger partial charge in [0, 0.05) is 25.2 Å². The van der Waals surface area contributed by atoms with Crippen LogP contribution in [0.15, 0.2) is 18.2 Å². The lowest BCUT2D eigenvalue weighted by atomic mass is 10.1. The molecule has 0 radical (unpaired) electrons. The number of methoxy groups -OCH3 is 1. The average molecular weight is 332 g/mol. The predicted molar refractivity (Wildman–Crippen MR) is 91.4 cm³/mol. The van der Waals surface area contributed by atoms with E-state index in [9.17, 15) is 14.4 Å². The molecule has 24 heavy (non-hydrogen) atoms. The van der Waals surface area contributed by atoms with E-state index in [0.717, 1.165) is 0 Å². The number of Topliss-reactive ketones (excluding diaryl/α,β-unsaturated/α-hetero) is 1. The Bertz CT molecular complexity index is 659. The van der Waals surface area contributed by atoms with Crippen LogP contribution < -0.4 is 4.90 Å². The zero-order chi connectivity index (χ0) is 18.0. The number of hydrogen-bond acceptors (Lipinski definition) is 5. The fourth-order valence-corrected chi connectivity index (χ4v) is 3.17. The van der Waals surface area contributed by atoms with Gasteiger partial charge in [0.25, 0.3) is 11.7 Å². The van der Waals surface area contributed by atoms with Crippen molar-refractivity contribution in [2.45, 2.75) is 39.8 Å². The Kier molecular flexibility index (Phi) is 5.39. The fourth-order valence-electron chi connectivity index (χ4n) is 3.17. The molecule has 0 N–H and O–H groups in total. The van der Waals surface area contributed by atoms with Crippen LogP contribution in [-0.2, 0) is 9.53 Å². The van der Waals surface area contributed by atoms with Gasteiger partial charge in [-0.25, -0.2) is 4.79 Å². The van der Waals surface area contributed by atoms with E-state index in [1.807, 2.05) is 0 Å². The molecule has 1 aromatic rings. The predicted octanol–water partition coefficient (Wildman–Crippen LogP) is 2.12. The van der Waals surface area contributed by atoms with Crippen molar-refractivity contribution in [3.05, 3.63) is 29.3 Å². The van der Waals surface area contributed by atoms with Crippen molar-refractivity contribution in [1.82, 2.24) is 4.90 Å². The van der Waals surface area contributed by atoms with Crippen LogP contribution in [0.25, 0.3) is 0 Å². The first-order valence-corrected chi connectivity index (χ1v) is 8.12. The molecule has 0 saturated carbocycles. The Morgan fingerprint density at radius 2 is 1.79 bits per heavy atom. The molecule has 1 aromatic carbocycles. The lowest BCUT2D eigenvalue weighted by molar-refractivity contribution is -0.114. The van der Waals surface area contributed by atoms with E-state index in [4.69, 9.17) is 4.74 Å². The molecular weight excluding hydrogens is 308 g/mol. The van der Waals surface area contributed by atoms with E-state index in [-0.39, 0.29) is 11.1 Å². The molecule has 6 heteroatoms. The molecule has 0 spiro atoms. The Balaban J connectivity index is 2.35. The molecule has 0 unspecified atom stereocenters. The normalized spacial score (nSPS) is 14.1. The standard InChI is InChI=1S/C18H24N2O4/c1-11(2)19(12(3)4)9-10-20-15-13(16(21)17(20)22)7-6-8-14(15)18(23)24-5/h6-8,11-12H,9-10H2,1-5H3. The molecule has 0 aliphatic carbocycles. The van der Waals surface area contributed by atoms with Gasteiger partial charge in [-0.05, 0) is 39.8 Å². The molecule has 0 saturated heterocycles. The molecule has 0 aromatic heterocycles. The van der Waals surface area contributed by atoms with Gasteiger partial charge in [-0.2, -0.15) is 0 Å². The van der Waals surface area contributed by atoms with Crippen LogP contribution in [0.4, 0.5) is 5.69 Å². The minimum atomic E-state index is -0.589. The molecule has 0 atom stereocenters. The first-order valence-electron chi connectivity index (χ1n) is 8.12. The zero-order valence-electron chi connectivity index (χ0n) is 14.8. The van der Waals surface area contributed by atoms with Crippen molar-refractivity contribution in [3.8, 4) is 0 Å². The molecule has 1 amide bonds. The lowest BCUT2D eigenvalue weighted by Gasteiger charge is -2.32. The van der Waals surface area contributed by atoms with E-state index in [1.165, 1.54) is 12.0 Å². The first kappa shape index (κ1) is 18.1. The molecule has 0 bridgehead atoms. The number of ketones is 1. The number of anilines is 1. The monoisotopic (exact) mass is 332 g/mol. The van der Waals surface area contributed by atoms with E-state index < -0.39 is 17.7 Å². The van der Waals surface area contributed by atoms with Gasteiger partial charge in [-0.3, -0.25) is 14.5 Å². The molecule has 2 rings (SSSR count). The second kappa shape index (κ2) is 7.13. The number of carbonyl (C=O) groups excluding carboxylic acids is 3. The summed E-state index contributed by atoms with van der Waals surface area (Å²) in [6, 6.07) is 5.37. The van der Waals surface area contributed by atoms with Gasteiger partial charge in [-0.15, -0.1) is 0 Å². The van der Waals surface area contributed by atoms with Gasteiger partial charge < -0.3 is 9.64 Å². The third-order valence-corrected chi connectivity index (χ3v) is 4.30. The summed E-state index contributed by atoms with van der Waals surface area (Å²) < 4.78 is 4.78. The smallest absolute Gasteiger partial charge is 0.340 e. The second-order valence-corrected chi connectivity index (χ2v) is 6.40. The number of benzene rings is 1. The Morgan fingerprint density at radius 1 is 1.17 bits per heavy atom. The minimum Gasteiger partial charge on any atom is -0.465 e. The third-order valence-electron chi connectivity index (χ3n) is 4.30. The average Bonchev–Trinajstić information content (AvgIpc) is 2.78. The van der Waals surface area contributed by atoms with Crippen LogP contribution in [0.1, 0.15) is 48.4 Å². The number of para-hydroxylation sites is 1. The van der Waals surface area contributed by atoms with Crippen molar-refractivity contribution >= 4 is 23.3 Å². The summed E-state index contributed by atoms with van der Waals surface area (Å²) in [4.78, 5) is 40.3. The second-order valence-electron chi connectivity index (χ2n) is 6.40. The largest absolute Gasteiger partial charge is 0.465 e. The molecule has 1 heterocycles. The van der Waals surface area contributed by atoms with Gasteiger partial charge in [0.05, 0.1) is 23.9 Å². The minimum absolute atomic E-state index is 0.245. The summed E-state index contributed by atoms with van der Waals surface area (Å²) in [6.45, 7) is 9.32. The van der Waals surface area contributed by atoms with Crippen molar-refractivity contribution < 1.29 is 19.1 Å². The van der Waals surface area contributed by atoms with Crippen molar-refractivity contribution in [2.24, 2.45) is 0 Å². The number of nitrogens with zero attached hydrogens (tertiary/aromatic N) is 2. The highest BCUT2D eigenvalue weighted by Gasteiger charge is 2.39. The van der Waals surface area contributed by atoms with Crippen molar-refractivity contribution in [3.63, 3.8) is 0 Å². The Hall–Kier alpha value is -2.21. The Morgan fingerprint density at radius 3 is 2.33 bits per heavy atom. The molecule has 6 nitrogen and oxygen atoms in total. The van der Waals surface area contributed by atoms with Crippen LogP contribution in [-0.4, -0.2) is 54.8 Å². The maximum Gasteiger partial charge on any atom is 0.340 e. The highest BCUT2D eigenvalue weighted by atomic mass is 16.5. The summed E-state index contributed by atoms with van der Waals surface area (Å²) in [5.41, 5.74) is 0.880. The number of ether oxygens (including phenoxy) is 1. The van der Waals surface area contributed by atoms with E-state index in [0.29, 0.717) is 30.9 Å². The summed E-state index contributed by atoms with van der Waals surface area (Å²) in [6.07, 6.45) is 0. The van der Waals surface area contributed by atoms with Crippen LogP contribution in [0.5, 0.6) is 0 Å². The highest BCUT2D eigenvalue weighted by molar-refractivity contribution is 6.52. The van der Waals surface area contributed by atoms with Crippen LogP contribution in [0, 0.1) is 0 Å². The SMILES string of the molecule is COC(=O)c1cccc2c1N(CCN(C(C)C)C(C)C)C(=O)C2=O. The van der Waals surface area contributed by atoms with E-state index in [1.54, 1.807) is 18.2 Å². The molecule has 130 valence electrons. The number of carbonyl (C=O) groups is 3. The van der Waals surface area contributed by atoms with Gasteiger partial charge in [-0.1, -0.05) is 6.07 Å². The molecule has 1 aliphatic heterocycles. The van der Waals surface area contributed by atoms with Crippen molar-refractivity contribution in [1.29, 1.82) is 0 Å². The van der Waals surface area contributed by atoms with Gasteiger partial charge >= 0.3 is 5.97 Å². The Labute approximate surface area is 142 Å². The van der Waals surface area contributed by atoms with Crippen LogP contribution in [0.3, 0.4) is 0 Å². The summed E-state index contributed by atoms with van der Waals surface area (Å²) in [5.74, 6) is -1.71. The van der Waals surface area contributed by atoms with Gasteiger partial charge in [0.1, 0.15) is 0 Å². The number of esters is 1. The van der Waals surface area contributed by atoms with Crippen LogP contribution >= 0.6 is 0 Å². The summed E-state index contributed by atoms with van der Waals surface area (Å²) in [5, 5.41) is 0. The topological polar surface area (TPSA) is 66.9 Å². The number of rotatable bonds is 6.